The topological polar surface area (TPSA) is 55.8 Å². The van der Waals surface area contributed by atoms with Crippen LogP contribution >= 0.6 is 0 Å². The van der Waals surface area contributed by atoms with Gasteiger partial charge in [0.1, 0.15) is 5.75 Å². The first-order valence-electron chi connectivity index (χ1n) is 8.71. The second-order valence-electron chi connectivity index (χ2n) is 6.11. The average Bonchev–Trinajstić information content (AvgIpc) is 2.86. The summed E-state index contributed by atoms with van der Waals surface area (Å²) in [6, 6.07) is 8.09. The zero-order valence-electron chi connectivity index (χ0n) is 14.6. The number of amides is 1. The van der Waals surface area contributed by atoms with Gasteiger partial charge >= 0.3 is 5.97 Å². The van der Waals surface area contributed by atoms with E-state index in [0.29, 0.717) is 19.1 Å². The lowest BCUT2D eigenvalue weighted by Crippen LogP contribution is -2.34. The number of likely N-dealkylation sites (tertiary alicyclic amines) is 1. The highest BCUT2D eigenvalue weighted by atomic mass is 16.5. The number of nitrogens with zero attached hydrogens (tertiary/aromatic N) is 1. The molecule has 1 aromatic carbocycles. The third kappa shape index (κ3) is 5.25. The van der Waals surface area contributed by atoms with E-state index in [2.05, 4.69) is 12.1 Å². The van der Waals surface area contributed by atoms with Crippen LogP contribution in [0.5, 0.6) is 5.75 Å². The maximum atomic E-state index is 12.4. The summed E-state index contributed by atoms with van der Waals surface area (Å²) in [5.41, 5.74) is 1.24. The lowest BCUT2D eigenvalue weighted by molar-refractivity contribution is -0.145. The number of benzene rings is 1. The molecule has 0 aliphatic carbocycles. The van der Waals surface area contributed by atoms with Gasteiger partial charge in [-0.1, -0.05) is 18.6 Å². The van der Waals surface area contributed by atoms with Crippen molar-refractivity contribution < 1.29 is 19.1 Å². The van der Waals surface area contributed by atoms with Crippen LogP contribution in [0, 0.1) is 0 Å². The summed E-state index contributed by atoms with van der Waals surface area (Å²) < 4.78 is 10.1. The molecule has 1 saturated heterocycles. The molecular weight excluding hydrogens is 306 g/mol. The quantitative estimate of drug-likeness (QED) is 0.751. The number of ether oxygens (including phenoxy) is 2. The molecular formula is C19H27NO4. The third-order valence-electron chi connectivity index (χ3n) is 4.46. The smallest absolute Gasteiger partial charge is 0.306 e. The Balaban J connectivity index is 1.95. The van der Waals surface area contributed by atoms with E-state index < -0.39 is 0 Å². The number of methoxy groups -OCH3 is 1. The van der Waals surface area contributed by atoms with Gasteiger partial charge in [0, 0.05) is 25.4 Å². The monoisotopic (exact) mass is 333 g/mol. The van der Waals surface area contributed by atoms with Crippen LogP contribution in [0.2, 0.25) is 0 Å². The lowest BCUT2D eigenvalue weighted by atomic mass is 9.94. The first-order valence-corrected chi connectivity index (χ1v) is 8.71. The number of esters is 1. The van der Waals surface area contributed by atoms with Gasteiger partial charge in [0.05, 0.1) is 20.1 Å². The Hall–Kier alpha value is -2.04. The van der Waals surface area contributed by atoms with Crippen molar-refractivity contribution in [2.24, 2.45) is 0 Å². The Morgan fingerprint density at radius 3 is 2.58 bits per heavy atom. The highest BCUT2D eigenvalue weighted by Crippen LogP contribution is 2.28. The van der Waals surface area contributed by atoms with Gasteiger partial charge in [0.2, 0.25) is 5.91 Å². The SMILES string of the molecule is CCOC(=O)CCC(=O)N1CCCCC(c2ccc(OC)cc2)C1. The molecule has 1 atom stereocenters. The Labute approximate surface area is 143 Å². The Morgan fingerprint density at radius 2 is 1.92 bits per heavy atom. The molecule has 132 valence electrons. The molecule has 1 aromatic rings. The van der Waals surface area contributed by atoms with Gasteiger partial charge in [-0.15, -0.1) is 0 Å². The maximum Gasteiger partial charge on any atom is 0.306 e. The normalized spacial score (nSPS) is 17.9. The van der Waals surface area contributed by atoms with Crippen LogP contribution in [-0.2, 0) is 14.3 Å². The van der Waals surface area contributed by atoms with E-state index in [-0.39, 0.29) is 24.7 Å². The van der Waals surface area contributed by atoms with Crippen LogP contribution in [0.25, 0.3) is 0 Å². The van der Waals surface area contributed by atoms with Gasteiger partial charge < -0.3 is 14.4 Å². The summed E-state index contributed by atoms with van der Waals surface area (Å²) in [5, 5.41) is 0. The minimum atomic E-state index is -0.299. The predicted molar refractivity (Wildman–Crippen MR) is 92.0 cm³/mol. The highest BCUT2D eigenvalue weighted by molar-refractivity contribution is 5.81. The molecule has 0 aromatic heterocycles. The lowest BCUT2D eigenvalue weighted by Gasteiger charge is -2.25. The number of hydrogen-bond acceptors (Lipinski definition) is 4. The van der Waals surface area contributed by atoms with Crippen molar-refractivity contribution in [3.05, 3.63) is 29.8 Å². The van der Waals surface area contributed by atoms with E-state index in [4.69, 9.17) is 9.47 Å². The summed E-state index contributed by atoms with van der Waals surface area (Å²) in [5.74, 6) is 0.926. The largest absolute Gasteiger partial charge is 0.497 e. The minimum absolute atomic E-state index is 0.0449. The van der Waals surface area contributed by atoms with Crippen LogP contribution in [-0.4, -0.2) is 43.6 Å². The van der Waals surface area contributed by atoms with Gasteiger partial charge in [-0.25, -0.2) is 0 Å². The molecule has 24 heavy (non-hydrogen) atoms. The zero-order chi connectivity index (χ0) is 17.4. The maximum absolute atomic E-state index is 12.4. The summed E-state index contributed by atoms with van der Waals surface area (Å²) in [4.78, 5) is 25.8. The fourth-order valence-electron chi connectivity index (χ4n) is 3.12. The molecule has 1 heterocycles. The molecule has 1 amide bonds. The molecule has 1 aliphatic heterocycles. The molecule has 0 saturated carbocycles. The molecule has 2 rings (SSSR count). The molecule has 1 aliphatic rings. The van der Waals surface area contributed by atoms with Gasteiger partial charge in [0.25, 0.3) is 0 Å². The molecule has 0 N–H and O–H groups in total. The van der Waals surface area contributed by atoms with Gasteiger partial charge in [-0.05, 0) is 37.5 Å². The average molecular weight is 333 g/mol. The van der Waals surface area contributed by atoms with Crippen molar-refractivity contribution in [2.45, 2.75) is 44.9 Å². The zero-order valence-corrected chi connectivity index (χ0v) is 14.6. The summed E-state index contributed by atoms with van der Waals surface area (Å²) >= 11 is 0. The van der Waals surface area contributed by atoms with Crippen molar-refractivity contribution in [3.8, 4) is 5.75 Å². The number of carbonyl (C=O) groups excluding carboxylic acids is 2. The highest BCUT2D eigenvalue weighted by Gasteiger charge is 2.23. The van der Waals surface area contributed by atoms with Crippen LogP contribution in [0.4, 0.5) is 0 Å². The Bertz CT molecular complexity index is 541. The first kappa shape index (κ1) is 18.3. The summed E-state index contributed by atoms with van der Waals surface area (Å²) in [7, 11) is 1.66. The van der Waals surface area contributed by atoms with Crippen LogP contribution in [0.3, 0.4) is 0 Å². The summed E-state index contributed by atoms with van der Waals surface area (Å²) in [6.45, 7) is 3.62. The van der Waals surface area contributed by atoms with E-state index in [0.717, 1.165) is 31.6 Å². The van der Waals surface area contributed by atoms with Gasteiger partial charge in [-0.2, -0.15) is 0 Å². The van der Waals surface area contributed by atoms with E-state index in [1.54, 1.807) is 14.0 Å². The number of carbonyl (C=O) groups is 2. The predicted octanol–water partition coefficient (Wildman–Crippen LogP) is 3.13. The number of hydrogen-bond donors (Lipinski definition) is 0. The first-order chi connectivity index (χ1) is 11.6. The Morgan fingerprint density at radius 1 is 1.17 bits per heavy atom. The van der Waals surface area contributed by atoms with Crippen LogP contribution < -0.4 is 4.74 Å². The van der Waals surface area contributed by atoms with E-state index in [1.165, 1.54) is 5.56 Å². The standard InChI is InChI=1S/C19H27NO4/c1-3-24-19(22)12-11-18(21)20-13-5-4-6-16(14-20)15-7-9-17(23-2)10-8-15/h7-10,16H,3-6,11-14H2,1-2H3. The second kappa shape index (κ2) is 9.30. The van der Waals surface area contributed by atoms with E-state index >= 15 is 0 Å². The summed E-state index contributed by atoms with van der Waals surface area (Å²) in [6.07, 6.45) is 3.59. The number of rotatable bonds is 6. The van der Waals surface area contributed by atoms with Crippen LogP contribution in [0.15, 0.2) is 24.3 Å². The molecule has 0 bridgehead atoms. The van der Waals surface area contributed by atoms with Crippen molar-refractivity contribution >= 4 is 11.9 Å². The molecule has 5 nitrogen and oxygen atoms in total. The van der Waals surface area contributed by atoms with Crippen molar-refractivity contribution in [1.29, 1.82) is 0 Å². The van der Waals surface area contributed by atoms with Crippen LogP contribution in [0.1, 0.15) is 50.5 Å². The fourth-order valence-corrected chi connectivity index (χ4v) is 3.12. The molecule has 1 fully saturated rings. The molecule has 1 unspecified atom stereocenters. The van der Waals surface area contributed by atoms with Crippen molar-refractivity contribution in [1.82, 2.24) is 4.90 Å². The second-order valence-corrected chi connectivity index (χ2v) is 6.11. The van der Waals surface area contributed by atoms with Gasteiger partial charge in [0.15, 0.2) is 0 Å². The van der Waals surface area contributed by atoms with E-state index in [9.17, 15) is 9.59 Å². The van der Waals surface area contributed by atoms with Crippen molar-refractivity contribution in [2.75, 3.05) is 26.8 Å². The van der Waals surface area contributed by atoms with E-state index in [1.807, 2.05) is 17.0 Å². The Kier molecular flexibility index (Phi) is 7.09. The third-order valence-corrected chi connectivity index (χ3v) is 4.46. The minimum Gasteiger partial charge on any atom is -0.497 e. The fraction of sp³-hybridized carbons (Fsp3) is 0.579. The van der Waals surface area contributed by atoms with Gasteiger partial charge in [-0.3, -0.25) is 9.59 Å². The molecule has 5 heteroatoms. The molecule has 0 radical (unpaired) electrons. The van der Waals surface area contributed by atoms with Crippen molar-refractivity contribution in [3.63, 3.8) is 0 Å². The molecule has 0 spiro atoms.